The first-order valence-electron chi connectivity index (χ1n) is 12.8. The Morgan fingerprint density at radius 1 is 1.24 bits per heavy atom. The SMILES string of the molecule is CC[C@H]1CN(C(C)c2ccc3nc(C)oc3c2F)[C@H](CC)CN1c1cc(=O)n(C)c2cn(CC#N)nc12. The van der Waals surface area contributed by atoms with Gasteiger partial charge in [-0.05, 0) is 25.8 Å². The van der Waals surface area contributed by atoms with Crippen molar-refractivity contribution < 1.29 is 8.81 Å². The number of hydrogen-bond acceptors (Lipinski definition) is 7. The normalized spacial score (nSPS) is 19.5. The molecule has 1 unspecified atom stereocenters. The molecule has 5 rings (SSSR count). The van der Waals surface area contributed by atoms with Gasteiger partial charge < -0.3 is 13.9 Å². The number of halogens is 1. The Morgan fingerprint density at radius 3 is 2.70 bits per heavy atom. The van der Waals surface area contributed by atoms with E-state index in [0.717, 1.165) is 18.5 Å². The average Bonchev–Trinajstić information content (AvgIpc) is 3.49. The molecule has 0 N–H and O–H groups in total. The van der Waals surface area contributed by atoms with Gasteiger partial charge in [0, 0.05) is 56.8 Å². The molecule has 3 atom stereocenters. The molecular formula is C27H32FN7O2. The molecule has 0 saturated carbocycles. The molecule has 1 aromatic carbocycles. The van der Waals surface area contributed by atoms with Crippen molar-refractivity contribution in [1.82, 2.24) is 24.2 Å². The van der Waals surface area contributed by atoms with Gasteiger partial charge in [-0.1, -0.05) is 19.9 Å². The van der Waals surface area contributed by atoms with Crippen molar-refractivity contribution in [3.63, 3.8) is 0 Å². The minimum atomic E-state index is -0.354. The molecule has 4 heterocycles. The largest absolute Gasteiger partial charge is 0.438 e. The Balaban J connectivity index is 1.52. The average molecular weight is 506 g/mol. The van der Waals surface area contributed by atoms with Gasteiger partial charge in [-0.25, -0.2) is 9.37 Å². The molecule has 0 spiro atoms. The molecule has 3 aromatic heterocycles. The number of piperazine rings is 1. The number of fused-ring (bicyclic) bond motifs is 2. The lowest BCUT2D eigenvalue weighted by Crippen LogP contribution is -2.59. The number of hydrogen-bond donors (Lipinski definition) is 0. The Labute approximate surface area is 214 Å². The van der Waals surface area contributed by atoms with Crippen LogP contribution in [-0.2, 0) is 13.6 Å². The van der Waals surface area contributed by atoms with Crippen molar-refractivity contribution in [1.29, 1.82) is 5.26 Å². The van der Waals surface area contributed by atoms with Gasteiger partial charge in [0.05, 0.1) is 23.5 Å². The summed E-state index contributed by atoms with van der Waals surface area (Å²) in [6.07, 6.45) is 3.46. The number of aryl methyl sites for hydroxylation is 2. The number of nitriles is 1. The van der Waals surface area contributed by atoms with E-state index in [9.17, 15) is 4.79 Å². The highest BCUT2D eigenvalue weighted by Crippen LogP contribution is 2.36. The van der Waals surface area contributed by atoms with Crippen LogP contribution >= 0.6 is 0 Å². The van der Waals surface area contributed by atoms with E-state index in [1.165, 1.54) is 0 Å². The minimum Gasteiger partial charge on any atom is -0.438 e. The molecule has 0 radical (unpaired) electrons. The summed E-state index contributed by atoms with van der Waals surface area (Å²) in [5, 5.41) is 13.8. The third-order valence-corrected chi connectivity index (χ3v) is 7.74. The molecule has 1 aliphatic heterocycles. The van der Waals surface area contributed by atoms with Gasteiger partial charge in [-0.15, -0.1) is 0 Å². The van der Waals surface area contributed by atoms with E-state index in [0.29, 0.717) is 41.1 Å². The molecule has 37 heavy (non-hydrogen) atoms. The first-order chi connectivity index (χ1) is 17.8. The Bertz CT molecular complexity index is 1560. The molecule has 1 aliphatic rings. The zero-order valence-corrected chi connectivity index (χ0v) is 21.9. The number of rotatable bonds is 6. The van der Waals surface area contributed by atoms with Gasteiger partial charge in [0.1, 0.15) is 17.6 Å². The Hall–Kier alpha value is -3.71. The van der Waals surface area contributed by atoms with E-state index in [1.54, 1.807) is 35.5 Å². The fourth-order valence-electron chi connectivity index (χ4n) is 5.65. The zero-order chi connectivity index (χ0) is 26.4. The number of nitrogens with zero attached hydrogens (tertiary/aromatic N) is 7. The fraction of sp³-hybridized carbons (Fsp3) is 0.481. The summed E-state index contributed by atoms with van der Waals surface area (Å²) in [4.78, 5) is 21.8. The summed E-state index contributed by atoms with van der Waals surface area (Å²) in [5.41, 5.74) is 3.42. The molecule has 1 fully saturated rings. The van der Waals surface area contributed by atoms with Crippen molar-refractivity contribution in [3.05, 3.63) is 52.0 Å². The first kappa shape index (κ1) is 25.0. The van der Waals surface area contributed by atoms with Gasteiger partial charge in [0.2, 0.25) is 0 Å². The first-order valence-corrected chi connectivity index (χ1v) is 12.8. The maximum atomic E-state index is 15.5. The van der Waals surface area contributed by atoms with Gasteiger partial charge in [-0.3, -0.25) is 14.4 Å². The summed E-state index contributed by atoms with van der Waals surface area (Å²) in [6.45, 7) is 9.52. The standard InChI is InChI=1S/C27H32FN7O2/c1-6-18-14-35(22-12-24(36)32(5)23-15-33(11-10-29)31-26(22)23)19(7-2)13-34(18)16(3)20-8-9-21-27(25(20)28)37-17(4)30-21/h8-9,12,15-16,18-19H,6-7,11,13-14H2,1-5H3/t16?,18-,19+/m1/s1. The van der Waals surface area contributed by atoms with Crippen LogP contribution in [0.1, 0.15) is 51.1 Å². The lowest BCUT2D eigenvalue weighted by molar-refractivity contribution is 0.0994. The Kier molecular flexibility index (Phi) is 6.50. The molecule has 0 amide bonds. The summed E-state index contributed by atoms with van der Waals surface area (Å²) in [7, 11) is 1.72. The van der Waals surface area contributed by atoms with E-state index in [2.05, 4.69) is 39.8 Å². The summed E-state index contributed by atoms with van der Waals surface area (Å²) in [6, 6.07) is 7.46. The van der Waals surface area contributed by atoms with Crippen molar-refractivity contribution in [2.45, 2.75) is 65.2 Å². The van der Waals surface area contributed by atoms with Gasteiger partial charge in [-0.2, -0.15) is 10.4 Å². The monoisotopic (exact) mass is 505 g/mol. The number of oxazole rings is 1. The maximum Gasteiger partial charge on any atom is 0.252 e. The molecule has 4 aromatic rings. The number of anilines is 1. The number of benzene rings is 1. The van der Waals surface area contributed by atoms with Crippen LogP contribution in [0.3, 0.4) is 0 Å². The van der Waals surface area contributed by atoms with Crippen LogP contribution in [0, 0.1) is 24.1 Å². The van der Waals surface area contributed by atoms with Gasteiger partial charge in [0.15, 0.2) is 17.3 Å². The predicted molar refractivity (Wildman–Crippen MR) is 140 cm³/mol. The van der Waals surface area contributed by atoms with Crippen LogP contribution in [-0.4, -0.2) is 49.4 Å². The minimum absolute atomic E-state index is 0.0981. The van der Waals surface area contributed by atoms with Crippen LogP contribution in [0.25, 0.3) is 22.1 Å². The molecular weight excluding hydrogens is 473 g/mol. The topological polar surface area (TPSA) is 96.1 Å². The highest BCUT2D eigenvalue weighted by atomic mass is 19.1. The van der Waals surface area contributed by atoms with Crippen molar-refractivity contribution >= 4 is 27.8 Å². The predicted octanol–water partition coefficient (Wildman–Crippen LogP) is 4.29. The number of aromatic nitrogens is 4. The molecule has 10 heteroatoms. The zero-order valence-electron chi connectivity index (χ0n) is 21.9. The molecule has 1 saturated heterocycles. The second-order valence-electron chi connectivity index (χ2n) is 9.84. The van der Waals surface area contributed by atoms with Crippen molar-refractivity contribution in [3.8, 4) is 6.07 Å². The highest BCUT2D eigenvalue weighted by molar-refractivity contribution is 5.88. The molecule has 0 aliphatic carbocycles. The second-order valence-corrected chi connectivity index (χ2v) is 9.84. The quantitative estimate of drug-likeness (QED) is 0.386. The van der Waals surface area contributed by atoms with E-state index >= 15 is 4.39 Å². The lowest BCUT2D eigenvalue weighted by atomic mass is 9.96. The third kappa shape index (κ3) is 4.17. The van der Waals surface area contributed by atoms with Gasteiger partial charge in [0.25, 0.3) is 5.56 Å². The number of pyridine rings is 1. The molecule has 194 valence electrons. The van der Waals surface area contributed by atoms with Gasteiger partial charge >= 0.3 is 0 Å². The second kappa shape index (κ2) is 9.63. The van der Waals surface area contributed by atoms with Crippen LogP contribution in [0.5, 0.6) is 0 Å². The van der Waals surface area contributed by atoms with Crippen LogP contribution in [0.15, 0.2) is 33.6 Å². The third-order valence-electron chi connectivity index (χ3n) is 7.74. The van der Waals surface area contributed by atoms with Crippen LogP contribution < -0.4 is 10.5 Å². The fourth-order valence-corrected chi connectivity index (χ4v) is 5.65. The van der Waals surface area contributed by atoms with Crippen LogP contribution in [0.4, 0.5) is 10.1 Å². The summed E-state index contributed by atoms with van der Waals surface area (Å²) < 4.78 is 24.2. The molecule has 9 nitrogen and oxygen atoms in total. The molecule has 0 bridgehead atoms. The van der Waals surface area contributed by atoms with Crippen molar-refractivity contribution in [2.75, 3.05) is 18.0 Å². The highest BCUT2D eigenvalue weighted by Gasteiger charge is 2.37. The Morgan fingerprint density at radius 2 is 2.00 bits per heavy atom. The van der Waals surface area contributed by atoms with E-state index < -0.39 is 0 Å². The van der Waals surface area contributed by atoms with Crippen LogP contribution in [0.2, 0.25) is 0 Å². The van der Waals surface area contributed by atoms with E-state index in [-0.39, 0.29) is 41.6 Å². The summed E-state index contributed by atoms with van der Waals surface area (Å²) in [5.74, 6) is 0.0922. The summed E-state index contributed by atoms with van der Waals surface area (Å²) >= 11 is 0. The van der Waals surface area contributed by atoms with E-state index in [4.69, 9.17) is 9.68 Å². The van der Waals surface area contributed by atoms with E-state index in [1.807, 2.05) is 19.1 Å². The lowest BCUT2D eigenvalue weighted by Gasteiger charge is -2.49. The smallest absolute Gasteiger partial charge is 0.252 e. The van der Waals surface area contributed by atoms with Crippen molar-refractivity contribution in [2.24, 2.45) is 7.05 Å². The maximum absolute atomic E-state index is 15.5.